The van der Waals surface area contributed by atoms with Crippen LogP contribution in [0.5, 0.6) is 0 Å². The lowest BCUT2D eigenvalue weighted by Crippen LogP contribution is -2.31. The monoisotopic (exact) mass is 458 g/mol. The molecule has 0 amide bonds. The first-order valence-electron chi connectivity index (χ1n) is 10.7. The Morgan fingerprint density at radius 1 is 0.719 bits per heavy atom. The molecule has 6 heteroatoms. The Labute approximate surface area is 190 Å². The Balaban J connectivity index is 2.06. The molecule has 3 aromatic carbocycles. The predicted octanol–water partition coefficient (Wildman–Crippen LogP) is 5.72. The molecule has 3 aromatic rings. The van der Waals surface area contributed by atoms with E-state index in [1.165, 1.54) is 22.7 Å². The van der Waals surface area contributed by atoms with Gasteiger partial charge < -0.3 is 4.90 Å². The highest BCUT2D eigenvalue weighted by Crippen LogP contribution is 2.51. The van der Waals surface area contributed by atoms with Crippen LogP contribution in [0.3, 0.4) is 0 Å². The molecular formula is C26H30F3N2P. The van der Waals surface area contributed by atoms with Crippen LogP contribution in [0.15, 0.2) is 84.9 Å². The second-order valence-electron chi connectivity index (χ2n) is 8.17. The molecule has 0 aliphatic rings. The lowest BCUT2D eigenvalue weighted by Gasteiger charge is -2.36. The topological polar surface area (TPSA) is 6.48 Å². The SMILES string of the molecule is CN(C)CCCN(C)C(c1ccc(C(F)(F)F)cc1)P(c1ccccc1)c1ccccc1. The predicted molar refractivity (Wildman–Crippen MR) is 129 cm³/mol. The molecule has 0 bridgehead atoms. The fraction of sp³-hybridized carbons (Fsp3) is 0.308. The van der Waals surface area contributed by atoms with Crippen LogP contribution in [0.4, 0.5) is 13.2 Å². The number of alkyl halides is 3. The van der Waals surface area contributed by atoms with E-state index >= 15 is 0 Å². The molecule has 0 saturated carbocycles. The van der Waals surface area contributed by atoms with Gasteiger partial charge in [0.1, 0.15) is 0 Å². The first-order chi connectivity index (χ1) is 15.3. The molecule has 3 rings (SSSR count). The van der Waals surface area contributed by atoms with E-state index in [0.29, 0.717) is 0 Å². The van der Waals surface area contributed by atoms with Crippen LogP contribution in [0.2, 0.25) is 0 Å². The maximum Gasteiger partial charge on any atom is 0.416 e. The van der Waals surface area contributed by atoms with E-state index in [9.17, 15) is 13.2 Å². The second-order valence-corrected chi connectivity index (χ2v) is 10.4. The maximum absolute atomic E-state index is 13.2. The minimum Gasteiger partial charge on any atom is -0.309 e. The molecule has 0 fully saturated rings. The highest BCUT2D eigenvalue weighted by molar-refractivity contribution is 7.73. The smallest absolute Gasteiger partial charge is 0.309 e. The van der Waals surface area contributed by atoms with Gasteiger partial charge in [0.05, 0.1) is 11.3 Å². The Bertz CT molecular complexity index is 905. The number of hydrogen-bond acceptors (Lipinski definition) is 2. The molecule has 0 N–H and O–H groups in total. The molecule has 1 atom stereocenters. The maximum atomic E-state index is 13.2. The molecule has 0 aliphatic carbocycles. The first-order valence-corrected chi connectivity index (χ1v) is 12.1. The van der Waals surface area contributed by atoms with Crippen molar-refractivity contribution in [3.05, 3.63) is 96.1 Å². The van der Waals surface area contributed by atoms with Gasteiger partial charge in [-0.05, 0) is 70.3 Å². The van der Waals surface area contributed by atoms with E-state index in [-0.39, 0.29) is 5.78 Å². The Kier molecular flexibility index (Phi) is 8.47. The van der Waals surface area contributed by atoms with Crippen molar-refractivity contribution in [1.82, 2.24) is 9.80 Å². The van der Waals surface area contributed by atoms with Crippen LogP contribution < -0.4 is 10.6 Å². The number of rotatable bonds is 9. The van der Waals surface area contributed by atoms with Gasteiger partial charge in [-0.3, -0.25) is 4.90 Å². The average molecular weight is 459 g/mol. The molecule has 32 heavy (non-hydrogen) atoms. The van der Waals surface area contributed by atoms with Crippen molar-refractivity contribution >= 4 is 18.5 Å². The van der Waals surface area contributed by atoms with Gasteiger partial charge in [-0.15, -0.1) is 0 Å². The number of benzene rings is 3. The van der Waals surface area contributed by atoms with E-state index in [2.05, 4.69) is 41.1 Å². The van der Waals surface area contributed by atoms with Gasteiger partial charge in [-0.25, -0.2) is 0 Å². The Hall–Kier alpha value is -2.20. The third kappa shape index (κ3) is 6.41. The summed E-state index contributed by atoms with van der Waals surface area (Å²) in [6.45, 7) is 1.81. The van der Waals surface area contributed by atoms with Crippen LogP contribution in [-0.2, 0) is 6.18 Å². The first kappa shape index (κ1) is 24.4. The molecule has 0 saturated heterocycles. The van der Waals surface area contributed by atoms with E-state index in [0.717, 1.165) is 25.1 Å². The van der Waals surface area contributed by atoms with Crippen molar-refractivity contribution < 1.29 is 13.2 Å². The Morgan fingerprint density at radius 3 is 1.66 bits per heavy atom. The van der Waals surface area contributed by atoms with Gasteiger partial charge in [0.25, 0.3) is 0 Å². The van der Waals surface area contributed by atoms with Crippen LogP contribution in [0, 0.1) is 0 Å². The van der Waals surface area contributed by atoms with Gasteiger partial charge in [0.15, 0.2) is 0 Å². The minimum absolute atomic E-state index is 0.0424. The van der Waals surface area contributed by atoms with Crippen molar-refractivity contribution in [3.8, 4) is 0 Å². The third-order valence-electron chi connectivity index (χ3n) is 5.38. The summed E-state index contributed by atoms with van der Waals surface area (Å²) in [7, 11) is 5.31. The van der Waals surface area contributed by atoms with Crippen molar-refractivity contribution in [3.63, 3.8) is 0 Å². The van der Waals surface area contributed by atoms with Gasteiger partial charge in [0.2, 0.25) is 0 Å². The fourth-order valence-electron chi connectivity index (χ4n) is 3.81. The molecule has 170 valence electrons. The minimum atomic E-state index is -4.34. The quantitative estimate of drug-likeness (QED) is 0.379. The summed E-state index contributed by atoms with van der Waals surface area (Å²) in [5.74, 6) is -0.0424. The zero-order valence-electron chi connectivity index (χ0n) is 18.8. The fourth-order valence-corrected chi connectivity index (χ4v) is 6.64. The molecule has 0 radical (unpaired) electrons. The summed E-state index contributed by atoms with van der Waals surface area (Å²) >= 11 is 0. The average Bonchev–Trinajstić information content (AvgIpc) is 2.77. The summed E-state index contributed by atoms with van der Waals surface area (Å²) in [4.78, 5) is 4.45. The van der Waals surface area contributed by atoms with E-state index in [4.69, 9.17) is 0 Å². The molecule has 1 unspecified atom stereocenters. The van der Waals surface area contributed by atoms with Crippen LogP contribution >= 0.6 is 7.92 Å². The van der Waals surface area contributed by atoms with Gasteiger partial charge in [-0.2, -0.15) is 13.2 Å². The van der Waals surface area contributed by atoms with Gasteiger partial charge in [0, 0.05) is 6.54 Å². The van der Waals surface area contributed by atoms with Gasteiger partial charge >= 0.3 is 6.18 Å². The van der Waals surface area contributed by atoms with E-state index in [1.54, 1.807) is 12.1 Å². The molecule has 0 aliphatic heterocycles. The highest BCUT2D eigenvalue weighted by atomic mass is 31.1. The summed E-state index contributed by atoms with van der Waals surface area (Å²) < 4.78 is 39.6. The zero-order chi connectivity index (χ0) is 23.1. The van der Waals surface area contributed by atoms with Crippen LogP contribution in [0.1, 0.15) is 23.3 Å². The normalized spacial score (nSPS) is 13.2. The lowest BCUT2D eigenvalue weighted by molar-refractivity contribution is -0.137. The van der Waals surface area contributed by atoms with Crippen molar-refractivity contribution in [2.24, 2.45) is 0 Å². The third-order valence-corrected chi connectivity index (χ3v) is 8.27. The summed E-state index contributed by atoms with van der Waals surface area (Å²) in [5.41, 5.74) is 0.295. The number of hydrogen-bond donors (Lipinski definition) is 0. The molecular weight excluding hydrogens is 428 g/mol. The Morgan fingerprint density at radius 2 is 1.22 bits per heavy atom. The largest absolute Gasteiger partial charge is 0.416 e. The van der Waals surface area contributed by atoms with Crippen LogP contribution in [-0.4, -0.2) is 44.0 Å². The zero-order valence-corrected chi connectivity index (χ0v) is 19.7. The second kappa shape index (κ2) is 11.1. The van der Waals surface area contributed by atoms with Crippen molar-refractivity contribution in [1.29, 1.82) is 0 Å². The number of nitrogens with zero attached hydrogens (tertiary/aromatic N) is 2. The molecule has 0 aromatic heterocycles. The highest BCUT2D eigenvalue weighted by Gasteiger charge is 2.33. The number of halogens is 3. The molecule has 0 spiro atoms. The summed E-state index contributed by atoms with van der Waals surface area (Å²) in [6.07, 6.45) is -3.36. The van der Waals surface area contributed by atoms with E-state index in [1.807, 2.05) is 50.5 Å². The van der Waals surface area contributed by atoms with Gasteiger partial charge in [-0.1, -0.05) is 72.8 Å². The van der Waals surface area contributed by atoms with E-state index < -0.39 is 19.7 Å². The van der Waals surface area contributed by atoms with Crippen LogP contribution in [0.25, 0.3) is 0 Å². The molecule has 0 heterocycles. The summed E-state index contributed by atoms with van der Waals surface area (Å²) in [5, 5.41) is 2.41. The lowest BCUT2D eigenvalue weighted by atomic mass is 10.1. The van der Waals surface area contributed by atoms with Crippen molar-refractivity contribution in [2.45, 2.75) is 18.4 Å². The molecule has 2 nitrogen and oxygen atoms in total. The standard InChI is InChI=1S/C26H30F3N2P/c1-30(2)19-10-20-31(3)25(21-15-17-22(18-16-21)26(27,28)29)32(23-11-6-4-7-12-23)24-13-8-5-9-14-24/h4-9,11-18,25H,10,19-20H2,1-3H3. The summed E-state index contributed by atoms with van der Waals surface area (Å²) in [6, 6.07) is 26.3. The van der Waals surface area contributed by atoms with Crippen molar-refractivity contribution in [2.75, 3.05) is 34.2 Å².